The predicted molar refractivity (Wildman–Crippen MR) is 109 cm³/mol. The van der Waals surface area contributed by atoms with Crippen molar-refractivity contribution in [3.05, 3.63) is 63.6 Å². The second-order valence-electron chi connectivity index (χ2n) is 7.28. The van der Waals surface area contributed by atoms with E-state index in [0.717, 1.165) is 18.2 Å². The quantitative estimate of drug-likeness (QED) is 0.541. The van der Waals surface area contributed by atoms with Crippen molar-refractivity contribution >= 4 is 38.9 Å². The summed E-state index contributed by atoms with van der Waals surface area (Å²) in [4.78, 5) is 11.7. The highest BCUT2D eigenvalue weighted by Gasteiger charge is 2.48. The molecule has 1 aliphatic carbocycles. The van der Waals surface area contributed by atoms with Crippen LogP contribution in [0.15, 0.2) is 47.4 Å². The minimum absolute atomic E-state index is 0.00829. The molecule has 3 rings (SSSR count). The Balaban J connectivity index is 1.72. The molecule has 11 heteroatoms. The van der Waals surface area contributed by atoms with Gasteiger partial charge in [-0.25, -0.2) is 12.8 Å². The van der Waals surface area contributed by atoms with Crippen molar-refractivity contribution in [2.24, 2.45) is 0 Å². The first-order valence-electron chi connectivity index (χ1n) is 9.20. The Morgan fingerprint density at radius 3 is 2.29 bits per heavy atom. The van der Waals surface area contributed by atoms with Crippen molar-refractivity contribution in [3.63, 3.8) is 0 Å². The van der Waals surface area contributed by atoms with Gasteiger partial charge in [0.2, 0.25) is 14.8 Å². The molecule has 0 heterocycles. The van der Waals surface area contributed by atoms with E-state index in [2.05, 4.69) is 5.32 Å². The van der Waals surface area contributed by atoms with E-state index in [1.165, 1.54) is 18.2 Å². The van der Waals surface area contributed by atoms with E-state index >= 15 is 4.39 Å². The lowest BCUT2D eigenvalue weighted by Gasteiger charge is -2.34. The second-order valence-corrected chi connectivity index (χ2v) is 10.3. The Labute approximate surface area is 186 Å². The summed E-state index contributed by atoms with van der Waals surface area (Å²) in [6.45, 7) is 0. The van der Waals surface area contributed by atoms with Gasteiger partial charge < -0.3 is 5.32 Å². The van der Waals surface area contributed by atoms with Gasteiger partial charge in [-0.2, -0.15) is 13.2 Å². The van der Waals surface area contributed by atoms with E-state index in [-0.39, 0.29) is 23.4 Å². The normalized spacial score (nSPS) is 22.2. The second kappa shape index (κ2) is 8.60. The first kappa shape index (κ1) is 23.8. The van der Waals surface area contributed by atoms with Crippen molar-refractivity contribution in [2.45, 2.75) is 47.8 Å². The van der Waals surface area contributed by atoms with Gasteiger partial charge in [0.1, 0.15) is 0 Å². The Kier molecular flexibility index (Phi) is 6.60. The number of rotatable bonds is 4. The van der Waals surface area contributed by atoms with Gasteiger partial charge in [0.05, 0.1) is 21.0 Å². The summed E-state index contributed by atoms with van der Waals surface area (Å²) in [5.74, 6) is -0.515. The van der Waals surface area contributed by atoms with Crippen molar-refractivity contribution in [3.8, 4) is 0 Å². The number of alkyl halides is 4. The minimum Gasteiger partial charge on any atom is -0.349 e. The topological polar surface area (TPSA) is 63.2 Å². The molecule has 0 radical (unpaired) electrons. The van der Waals surface area contributed by atoms with E-state index in [1.54, 1.807) is 0 Å². The predicted octanol–water partition coefficient (Wildman–Crippen LogP) is 5.82. The minimum atomic E-state index is -4.75. The number of halogens is 6. The van der Waals surface area contributed by atoms with Gasteiger partial charge in [-0.3, -0.25) is 4.79 Å². The van der Waals surface area contributed by atoms with Crippen LogP contribution < -0.4 is 5.32 Å². The van der Waals surface area contributed by atoms with Gasteiger partial charge in [0.15, 0.2) is 0 Å². The van der Waals surface area contributed by atoms with Crippen LogP contribution in [0.1, 0.15) is 41.6 Å². The largest absolute Gasteiger partial charge is 0.416 e. The van der Waals surface area contributed by atoms with Crippen LogP contribution in [-0.4, -0.2) is 25.4 Å². The number of hydrogen-bond acceptors (Lipinski definition) is 3. The molecule has 0 saturated heterocycles. The average Bonchev–Trinajstić information content (AvgIpc) is 2.69. The lowest BCUT2D eigenvalue weighted by atomic mass is 9.93. The molecule has 31 heavy (non-hydrogen) atoms. The Morgan fingerprint density at radius 1 is 1.06 bits per heavy atom. The fourth-order valence-corrected chi connectivity index (χ4v) is 5.68. The maximum atomic E-state index is 15.4. The number of carbonyl (C=O) groups is 1. The molecular formula is C20H17Cl2F4NO3S. The molecule has 0 bridgehead atoms. The molecule has 0 spiro atoms. The summed E-state index contributed by atoms with van der Waals surface area (Å²) in [6.07, 6.45) is -5.70. The summed E-state index contributed by atoms with van der Waals surface area (Å²) < 4.78 is 79.6. The van der Waals surface area contributed by atoms with Crippen molar-refractivity contribution in [2.75, 3.05) is 0 Å². The number of benzene rings is 2. The Morgan fingerprint density at radius 2 is 1.71 bits per heavy atom. The molecular weight excluding hydrogens is 481 g/mol. The first-order valence-corrected chi connectivity index (χ1v) is 11.4. The molecule has 4 nitrogen and oxygen atoms in total. The van der Waals surface area contributed by atoms with Crippen LogP contribution in [0.4, 0.5) is 17.6 Å². The van der Waals surface area contributed by atoms with Crippen molar-refractivity contribution in [1.29, 1.82) is 0 Å². The molecule has 2 aromatic rings. The monoisotopic (exact) mass is 497 g/mol. The van der Waals surface area contributed by atoms with Gasteiger partial charge in [-0.05, 0) is 62.1 Å². The van der Waals surface area contributed by atoms with E-state index in [9.17, 15) is 26.4 Å². The lowest BCUT2D eigenvalue weighted by molar-refractivity contribution is -0.137. The van der Waals surface area contributed by atoms with E-state index < -0.39 is 56.3 Å². The zero-order chi connectivity index (χ0) is 23.0. The fourth-order valence-electron chi connectivity index (χ4n) is 3.45. The van der Waals surface area contributed by atoms with Crippen molar-refractivity contribution < 1.29 is 30.8 Å². The summed E-state index contributed by atoms with van der Waals surface area (Å²) in [5, 5.41) is 0.431. The van der Waals surface area contributed by atoms with Crippen molar-refractivity contribution in [1.82, 2.24) is 5.32 Å². The highest BCUT2D eigenvalue weighted by Crippen LogP contribution is 2.41. The van der Waals surface area contributed by atoms with Gasteiger partial charge in [0, 0.05) is 11.1 Å². The maximum absolute atomic E-state index is 15.4. The SMILES string of the molecule is O=C(N[C@H]1CC[C@](F)(S(=O)(=O)c2cccc(C(F)(F)F)c2)CC1)c1ccc(Cl)cc1Cl. The molecule has 0 aliphatic heterocycles. The van der Waals surface area contributed by atoms with Gasteiger partial charge >= 0.3 is 6.18 Å². The van der Waals surface area contributed by atoms with E-state index in [0.29, 0.717) is 11.1 Å². The van der Waals surface area contributed by atoms with Crippen LogP contribution in [0.25, 0.3) is 0 Å². The molecule has 2 aromatic carbocycles. The highest BCUT2D eigenvalue weighted by atomic mass is 35.5. The number of nitrogens with one attached hydrogen (secondary N) is 1. The lowest BCUT2D eigenvalue weighted by Crippen LogP contribution is -2.45. The molecule has 1 aliphatic rings. The molecule has 1 amide bonds. The fraction of sp³-hybridized carbons (Fsp3) is 0.350. The highest BCUT2D eigenvalue weighted by molar-refractivity contribution is 7.92. The van der Waals surface area contributed by atoms with Crippen LogP contribution in [0.2, 0.25) is 10.0 Å². The molecule has 168 valence electrons. The third-order valence-electron chi connectivity index (χ3n) is 5.20. The average molecular weight is 498 g/mol. The van der Waals surface area contributed by atoms with Crippen LogP contribution in [0, 0.1) is 0 Å². The third-order valence-corrected chi connectivity index (χ3v) is 7.99. The Hall–Kier alpha value is -1.84. The van der Waals surface area contributed by atoms with Crippen LogP contribution >= 0.6 is 23.2 Å². The summed E-state index contributed by atoms with van der Waals surface area (Å²) in [6, 6.07) is 6.83. The van der Waals surface area contributed by atoms with Crippen LogP contribution in [0.5, 0.6) is 0 Å². The molecule has 0 unspecified atom stereocenters. The third kappa shape index (κ3) is 4.99. The van der Waals surface area contributed by atoms with Gasteiger partial charge in [-0.1, -0.05) is 29.3 Å². The van der Waals surface area contributed by atoms with Gasteiger partial charge in [-0.15, -0.1) is 0 Å². The number of sulfone groups is 1. The van der Waals surface area contributed by atoms with E-state index in [4.69, 9.17) is 23.2 Å². The number of hydrogen-bond donors (Lipinski definition) is 1. The smallest absolute Gasteiger partial charge is 0.349 e. The van der Waals surface area contributed by atoms with E-state index in [1.807, 2.05) is 0 Å². The summed E-state index contributed by atoms with van der Waals surface area (Å²) >= 11 is 11.8. The standard InChI is InChI=1S/C20H17Cl2F4NO3S/c21-13-4-5-16(17(22)11-13)18(28)27-14-6-8-19(23,9-7-14)31(29,30)15-3-1-2-12(10-15)20(24,25)26/h1-5,10-11,14H,6-9H2,(H,27,28)/t14-,19-. The zero-order valence-electron chi connectivity index (χ0n) is 15.8. The van der Waals surface area contributed by atoms with Gasteiger partial charge in [0.25, 0.3) is 5.91 Å². The molecule has 1 fully saturated rings. The molecule has 0 aromatic heterocycles. The number of amides is 1. The maximum Gasteiger partial charge on any atom is 0.416 e. The molecule has 1 saturated carbocycles. The number of carbonyl (C=O) groups excluding carboxylic acids is 1. The Bertz CT molecular complexity index is 1100. The molecule has 0 atom stereocenters. The zero-order valence-corrected chi connectivity index (χ0v) is 18.2. The van der Waals surface area contributed by atoms with Crippen LogP contribution in [0.3, 0.4) is 0 Å². The van der Waals surface area contributed by atoms with Crippen LogP contribution in [-0.2, 0) is 16.0 Å². The summed E-state index contributed by atoms with van der Waals surface area (Å²) in [7, 11) is -4.68. The summed E-state index contributed by atoms with van der Waals surface area (Å²) in [5.41, 5.74) is -1.00. The first-order chi connectivity index (χ1) is 14.3. The molecule has 1 N–H and O–H groups in total.